The van der Waals surface area contributed by atoms with Crippen LogP contribution in [0.4, 0.5) is 0 Å². The Morgan fingerprint density at radius 1 is 1.09 bits per heavy atom. The zero-order chi connectivity index (χ0) is 22.7. The first kappa shape index (κ1) is 21.3. The lowest BCUT2D eigenvalue weighted by atomic mass is 10.0. The summed E-state index contributed by atoms with van der Waals surface area (Å²) in [6, 6.07) is 16.6. The van der Waals surface area contributed by atoms with Gasteiger partial charge in [-0.3, -0.25) is 14.7 Å². The molecule has 1 aromatic heterocycles. The van der Waals surface area contributed by atoms with Crippen LogP contribution in [0.3, 0.4) is 0 Å². The molecule has 7 heteroatoms. The van der Waals surface area contributed by atoms with Crippen LogP contribution >= 0.6 is 0 Å². The van der Waals surface area contributed by atoms with Crippen LogP contribution in [0.15, 0.2) is 48.5 Å². The number of likely N-dealkylation sites (tertiary alicyclic amines) is 1. The molecule has 7 nitrogen and oxygen atoms in total. The van der Waals surface area contributed by atoms with E-state index in [1.54, 1.807) is 35.2 Å². The van der Waals surface area contributed by atoms with Crippen LogP contribution in [0, 0.1) is 25.2 Å². The third-order valence-corrected chi connectivity index (χ3v) is 5.98. The van der Waals surface area contributed by atoms with Gasteiger partial charge < -0.3 is 10.2 Å². The standard InChI is InChI=1S/C25H25N5O2/c1-16-6-7-19(12-17(16)2)22-14-23(29-28-22)25(32)30-10-8-21(9-11-30)27-24(31)20-5-3-4-18(13-20)15-26/h3-7,12-14,21H,8-11H2,1-2H3,(H,27,31)(H,28,29). The number of benzene rings is 2. The lowest BCUT2D eigenvalue weighted by Crippen LogP contribution is -2.46. The summed E-state index contributed by atoms with van der Waals surface area (Å²) in [7, 11) is 0. The maximum absolute atomic E-state index is 12.9. The number of aromatic amines is 1. The second-order valence-corrected chi connectivity index (χ2v) is 8.20. The van der Waals surface area contributed by atoms with Gasteiger partial charge in [-0.25, -0.2) is 0 Å². The van der Waals surface area contributed by atoms with Crippen molar-refractivity contribution in [2.45, 2.75) is 32.7 Å². The van der Waals surface area contributed by atoms with Crippen molar-refractivity contribution in [2.24, 2.45) is 0 Å². The van der Waals surface area contributed by atoms with Crippen LogP contribution in [0.2, 0.25) is 0 Å². The minimum atomic E-state index is -0.196. The van der Waals surface area contributed by atoms with Gasteiger partial charge in [-0.1, -0.05) is 18.2 Å². The Labute approximate surface area is 187 Å². The molecule has 32 heavy (non-hydrogen) atoms. The van der Waals surface area contributed by atoms with Gasteiger partial charge in [-0.15, -0.1) is 0 Å². The third-order valence-electron chi connectivity index (χ3n) is 5.98. The number of carbonyl (C=O) groups excluding carboxylic acids is 2. The molecule has 0 bridgehead atoms. The first-order valence-electron chi connectivity index (χ1n) is 10.7. The van der Waals surface area contributed by atoms with E-state index in [9.17, 15) is 9.59 Å². The Morgan fingerprint density at radius 3 is 2.59 bits per heavy atom. The molecule has 0 saturated carbocycles. The topological polar surface area (TPSA) is 102 Å². The summed E-state index contributed by atoms with van der Waals surface area (Å²) in [6.45, 7) is 5.23. The predicted molar refractivity (Wildman–Crippen MR) is 121 cm³/mol. The van der Waals surface area contributed by atoms with Crippen molar-refractivity contribution in [1.29, 1.82) is 5.26 Å². The van der Waals surface area contributed by atoms with Crippen molar-refractivity contribution in [1.82, 2.24) is 20.4 Å². The maximum Gasteiger partial charge on any atom is 0.271 e. The number of carbonyl (C=O) groups is 2. The molecule has 0 unspecified atom stereocenters. The first-order chi connectivity index (χ1) is 15.4. The molecule has 2 aromatic carbocycles. The van der Waals surface area contributed by atoms with E-state index in [1.807, 2.05) is 12.1 Å². The molecule has 1 aliphatic rings. The number of nitriles is 1. The molecule has 0 aliphatic carbocycles. The van der Waals surface area contributed by atoms with Gasteiger partial charge >= 0.3 is 0 Å². The second-order valence-electron chi connectivity index (χ2n) is 8.20. The molecule has 3 aromatic rings. The predicted octanol–water partition coefficient (Wildman–Crippen LogP) is 3.60. The van der Waals surface area contributed by atoms with Gasteiger partial charge in [-0.05, 0) is 68.1 Å². The minimum absolute atomic E-state index is 0.00912. The SMILES string of the molecule is Cc1ccc(-c2cc(C(=O)N3CCC(NC(=O)c4cccc(C#N)c4)CC3)[nH]n2)cc1C. The lowest BCUT2D eigenvalue weighted by molar-refractivity contribution is 0.0692. The van der Waals surface area contributed by atoms with Gasteiger partial charge in [-0.2, -0.15) is 10.4 Å². The Morgan fingerprint density at radius 2 is 1.88 bits per heavy atom. The number of amides is 2. The Balaban J connectivity index is 1.34. The second kappa shape index (κ2) is 9.06. The highest BCUT2D eigenvalue weighted by Crippen LogP contribution is 2.22. The smallest absolute Gasteiger partial charge is 0.271 e. The molecule has 0 spiro atoms. The van der Waals surface area contributed by atoms with Gasteiger partial charge in [0.2, 0.25) is 0 Å². The van der Waals surface area contributed by atoms with E-state index in [-0.39, 0.29) is 17.9 Å². The highest BCUT2D eigenvalue weighted by molar-refractivity contribution is 5.95. The summed E-state index contributed by atoms with van der Waals surface area (Å²) >= 11 is 0. The monoisotopic (exact) mass is 427 g/mol. The number of rotatable bonds is 4. The van der Waals surface area contributed by atoms with Crippen molar-refractivity contribution in [3.8, 4) is 17.3 Å². The van der Waals surface area contributed by atoms with E-state index in [0.29, 0.717) is 42.8 Å². The molecule has 162 valence electrons. The van der Waals surface area contributed by atoms with Gasteiger partial charge in [0.1, 0.15) is 5.69 Å². The van der Waals surface area contributed by atoms with E-state index >= 15 is 0 Å². The van der Waals surface area contributed by atoms with Crippen molar-refractivity contribution >= 4 is 11.8 Å². The van der Waals surface area contributed by atoms with Crippen molar-refractivity contribution in [3.63, 3.8) is 0 Å². The van der Waals surface area contributed by atoms with Crippen molar-refractivity contribution in [2.75, 3.05) is 13.1 Å². The van der Waals surface area contributed by atoms with Gasteiger partial charge in [0.25, 0.3) is 11.8 Å². The fraction of sp³-hybridized carbons (Fsp3) is 0.280. The average Bonchev–Trinajstić information content (AvgIpc) is 3.31. The highest BCUT2D eigenvalue weighted by atomic mass is 16.2. The Hall–Kier alpha value is -3.92. The van der Waals surface area contributed by atoms with Crippen LogP contribution < -0.4 is 5.32 Å². The summed E-state index contributed by atoms with van der Waals surface area (Å²) in [5.41, 5.74) is 5.52. The third kappa shape index (κ3) is 4.54. The number of hydrogen-bond acceptors (Lipinski definition) is 4. The molecule has 1 saturated heterocycles. The van der Waals surface area contributed by atoms with E-state index in [1.165, 1.54) is 11.1 Å². The fourth-order valence-corrected chi connectivity index (χ4v) is 3.88. The zero-order valence-corrected chi connectivity index (χ0v) is 18.2. The number of piperidine rings is 1. The molecule has 2 amide bonds. The number of hydrogen-bond donors (Lipinski definition) is 2. The molecule has 0 radical (unpaired) electrons. The van der Waals surface area contributed by atoms with Crippen LogP contribution in [0.25, 0.3) is 11.3 Å². The summed E-state index contributed by atoms with van der Waals surface area (Å²) in [5, 5.41) is 19.2. The number of H-pyrrole nitrogens is 1. The minimum Gasteiger partial charge on any atom is -0.349 e. The van der Waals surface area contributed by atoms with Gasteiger partial charge in [0.15, 0.2) is 0 Å². The Kier molecular flexibility index (Phi) is 6.04. The largest absolute Gasteiger partial charge is 0.349 e. The normalized spacial score (nSPS) is 14.1. The van der Waals surface area contributed by atoms with Crippen LogP contribution in [0.1, 0.15) is 50.4 Å². The average molecular weight is 428 g/mol. The maximum atomic E-state index is 12.9. The first-order valence-corrected chi connectivity index (χ1v) is 10.7. The number of aryl methyl sites for hydroxylation is 2. The molecule has 4 rings (SSSR count). The molecular formula is C25H25N5O2. The zero-order valence-electron chi connectivity index (χ0n) is 18.2. The highest BCUT2D eigenvalue weighted by Gasteiger charge is 2.26. The summed E-state index contributed by atoms with van der Waals surface area (Å²) in [4.78, 5) is 27.2. The summed E-state index contributed by atoms with van der Waals surface area (Å²) < 4.78 is 0. The van der Waals surface area contributed by atoms with Crippen molar-refractivity contribution in [3.05, 3.63) is 76.5 Å². The van der Waals surface area contributed by atoms with E-state index in [2.05, 4.69) is 41.5 Å². The molecule has 2 heterocycles. The Bertz CT molecular complexity index is 1200. The van der Waals surface area contributed by atoms with E-state index < -0.39 is 0 Å². The van der Waals surface area contributed by atoms with Crippen molar-refractivity contribution < 1.29 is 9.59 Å². The van der Waals surface area contributed by atoms with Crippen LogP contribution in [-0.2, 0) is 0 Å². The number of aromatic nitrogens is 2. The molecule has 1 fully saturated rings. The van der Waals surface area contributed by atoms with Crippen LogP contribution in [-0.4, -0.2) is 46.0 Å². The lowest BCUT2D eigenvalue weighted by Gasteiger charge is -2.32. The van der Waals surface area contributed by atoms with E-state index in [0.717, 1.165) is 11.3 Å². The van der Waals surface area contributed by atoms with Gasteiger partial charge in [0.05, 0.1) is 17.3 Å². The number of nitrogens with one attached hydrogen (secondary N) is 2. The molecule has 2 N–H and O–H groups in total. The summed E-state index contributed by atoms with van der Waals surface area (Å²) in [5.74, 6) is -0.280. The molecule has 1 aliphatic heterocycles. The number of nitrogens with zero attached hydrogens (tertiary/aromatic N) is 3. The van der Waals surface area contributed by atoms with E-state index in [4.69, 9.17) is 5.26 Å². The van der Waals surface area contributed by atoms with Gasteiger partial charge in [0, 0.05) is 30.3 Å². The summed E-state index contributed by atoms with van der Waals surface area (Å²) in [6.07, 6.45) is 1.35. The molecule has 0 atom stereocenters. The fourth-order valence-electron chi connectivity index (χ4n) is 3.88. The van der Waals surface area contributed by atoms with Crippen LogP contribution in [0.5, 0.6) is 0 Å². The quantitative estimate of drug-likeness (QED) is 0.664. The molecular weight excluding hydrogens is 402 g/mol.